The van der Waals surface area contributed by atoms with E-state index in [0.717, 1.165) is 17.7 Å². The van der Waals surface area contributed by atoms with Gasteiger partial charge in [0.1, 0.15) is 12.1 Å². The lowest BCUT2D eigenvalue weighted by Crippen LogP contribution is -2.59. The Morgan fingerprint density at radius 3 is 2.13 bits per heavy atom. The van der Waals surface area contributed by atoms with E-state index in [0.29, 0.717) is 12.3 Å². The number of nitrogens with one attached hydrogen (secondary N) is 3. The van der Waals surface area contributed by atoms with Crippen molar-refractivity contribution in [3.05, 3.63) is 22.4 Å². The molecule has 3 rings (SSSR count). The first kappa shape index (κ1) is 43.3. The molecule has 0 aromatic carbocycles. The summed E-state index contributed by atoms with van der Waals surface area (Å²) in [4.78, 5) is 71.6. The first-order chi connectivity index (χ1) is 24.5. The number of carboxylic acids is 1. The molecule has 1 aliphatic heterocycles. The van der Waals surface area contributed by atoms with Gasteiger partial charge in [-0.25, -0.2) is 4.79 Å². The molecule has 1 saturated heterocycles. The summed E-state index contributed by atoms with van der Waals surface area (Å²) in [6, 6.07) is 0.523. The van der Waals surface area contributed by atoms with E-state index >= 15 is 0 Å². The molecule has 4 N–H and O–H groups in total. The quantitative estimate of drug-likeness (QED) is 0.148. The van der Waals surface area contributed by atoms with Crippen LogP contribution in [0.3, 0.4) is 0 Å². The van der Waals surface area contributed by atoms with Gasteiger partial charge in [0.05, 0.1) is 42.7 Å². The zero-order valence-electron chi connectivity index (χ0n) is 32.9. The summed E-state index contributed by atoms with van der Waals surface area (Å²) < 4.78 is 11.9. The van der Waals surface area contributed by atoms with E-state index in [-0.39, 0.29) is 60.4 Å². The van der Waals surface area contributed by atoms with Crippen molar-refractivity contribution in [1.82, 2.24) is 25.8 Å². The first-order valence-electron chi connectivity index (χ1n) is 18.7. The smallest absolute Gasteiger partial charge is 0.326 e. The van der Waals surface area contributed by atoms with Crippen molar-refractivity contribution in [3.8, 4) is 0 Å². The van der Waals surface area contributed by atoms with Gasteiger partial charge in [-0.1, -0.05) is 61.0 Å². The topological polar surface area (TPSA) is 167 Å². The predicted molar refractivity (Wildman–Crippen MR) is 201 cm³/mol. The van der Waals surface area contributed by atoms with Crippen molar-refractivity contribution in [2.45, 2.75) is 129 Å². The molecule has 52 heavy (non-hydrogen) atoms. The molecule has 1 aromatic rings. The number of carboxylic acid groups (broad SMARTS) is 1. The monoisotopic (exact) mass is 749 g/mol. The van der Waals surface area contributed by atoms with Crippen molar-refractivity contribution in [2.24, 2.45) is 29.6 Å². The third-order valence-corrected chi connectivity index (χ3v) is 12.1. The number of fused-ring (bicyclic) bond motifs is 1. The lowest BCUT2D eigenvalue weighted by molar-refractivity contribution is -0.149. The van der Waals surface area contributed by atoms with Crippen LogP contribution in [-0.4, -0.2) is 121 Å². The van der Waals surface area contributed by atoms with Crippen LogP contribution in [0.4, 0.5) is 0 Å². The molecule has 294 valence electrons. The normalized spacial score (nSPS) is 22.8. The average molecular weight is 750 g/mol. The van der Waals surface area contributed by atoms with Crippen LogP contribution in [0.25, 0.3) is 0 Å². The lowest BCUT2D eigenvalue weighted by Gasteiger charge is -2.41. The molecule has 1 aliphatic carbocycles. The summed E-state index contributed by atoms with van der Waals surface area (Å²) in [5, 5.41) is 20.4. The maximum absolute atomic E-state index is 14.3. The Labute approximate surface area is 313 Å². The second-order valence-electron chi connectivity index (χ2n) is 15.4. The molecule has 3 unspecified atom stereocenters. The summed E-state index contributed by atoms with van der Waals surface area (Å²) in [5.74, 6) is -2.84. The number of hydrogen-bond acceptors (Lipinski definition) is 9. The van der Waals surface area contributed by atoms with Crippen LogP contribution < -0.4 is 16.0 Å². The number of aliphatic carboxylic acids is 1. The minimum absolute atomic E-state index is 0.00957. The molecule has 2 heterocycles. The highest BCUT2D eigenvalue weighted by Gasteiger charge is 2.57. The third-order valence-electron chi connectivity index (χ3n) is 11.2. The van der Waals surface area contributed by atoms with Gasteiger partial charge < -0.3 is 40.3 Å². The highest BCUT2D eigenvalue weighted by atomic mass is 32.1. The number of rotatable bonds is 21. The number of likely N-dealkylation sites (N-methyl/N-ethyl adjacent to an activating group) is 2. The standard InChI is InChI=1S/C38H63N5O8S/c1-12-22(6)33(42(9)37(47)32(21(4)5)41-36(46)31(39-8)20(2)3)29(50-10)19-30(44)43-27-16-24(27)17-28(43)34(51-11)23(7)35(45)40-26(38(48)49)18-25-14-13-15-52-25/h13-15,20-24,26-29,31-34,39H,12,16-19H2,1-11H3,(H,40,45)(H,41,46)(H,48,49)/t22-,23+,24-,26?,27-,28-,29+,31?,32?,33-,34+/m0/s1. The van der Waals surface area contributed by atoms with Crippen molar-refractivity contribution in [1.29, 1.82) is 0 Å². The number of nitrogens with zero attached hydrogens (tertiary/aromatic N) is 2. The number of carbonyl (C=O) groups is 5. The molecular weight excluding hydrogens is 687 g/mol. The van der Waals surface area contributed by atoms with Gasteiger partial charge in [0.25, 0.3) is 0 Å². The Kier molecular flexibility index (Phi) is 16.1. The Morgan fingerprint density at radius 2 is 1.63 bits per heavy atom. The minimum Gasteiger partial charge on any atom is -0.480 e. The fraction of sp³-hybridized carbons (Fsp3) is 0.763. The summed E-state index contributed by atoms with van der Waals surface area (Å²) in [7, 11) is 6.51. The molecule has 1 aromatic heterocycles. The highest BCUT2D eigenvalue weighted by molar-refractivity contribution is 7.09. The number of piperidine rings is 1. The van der Waals surface area contributed by atoms with Gasteiger partial charge in [-0.2, -0.15) is 0 Å². The second-order valence-corrected chi connectivity index (χ2v) is 16.4. The third kappa shape index (κ3) is 10.3. The van der Waals surface area contributed by atoms with Gasteiger partial charge >= 0.3 is 5.97 Å². The van der Waals surface area contributed by atoms with Gasteiger partial charge in [-0.15, -0.1) is 11.3 Å². The van der Waals surface area contributed by atoms with E-state index in [4.69, 9.17) is 9.47 Å². The Hall–Kier alpha value is -3.07. The molecule has 4 amide bonds. The van der Waals surface area contributed by atoms with E-state index in [1.54, 1.807) is 33.0 Å². The number of methoxy groups -OCH3 is 2. The second kappa shape index (κ2) is 19.3. The van der Waals surface area contributed by atoms with Crippen molar-refractivity contribution in [2.75, 3.05) is 28.3 Å². The summed E-state index contributed by atoms with van der Waals surface area (Å²) in [6.45, 7) is 13.5. The van der Waals surface area contributed by atoms with Crippen LogP contribution in [0.2, 0.25) is 0 Å². The summed E-state index contributed by atoms with van der Waals surface area (Å²) in [5.41, 5.74) is 0. The SMILES string of the molecule is CC[C@H](C)[C@@H]([C@@H](CC(=O)N1[C@H]2C[C@H]2C[C@H]1[C@H](OC)[C@@H](C)C(=O)NC(Cc1cccs1)C(=O)O)OC)N(C)C(=O)C(NC(=O)C(NC)C(C)C)C(C)C. The van der Waals surface area contributed by atoms with Gasteiger partial charge in [0.2, 0.25) is 23.6 Å². The molecule has 13 nitrogen and oxygen atoms in total. The molecule has 2 aliphatic rings. The van der Waals surface area contributed by atoms with Gasteiger partial charge in [0.15, 0.2) is 0 Å². The van der Waals surface area contributed by atoms with E-state index < -0.39 is 54.2 Å². The van der Waals surface area contributed by atoms with E-state index in [1.165, 1.54) is 18.4 Å². The summed E-state index contributed by atoms with van der Waals surface area (Å²) in [6.07, 6.45) is 1.15. The number of carbonyl (C=O) groups excluding carboxylic acids is 4. The van der Waals surface area contributed by atoms with Crippen molar-refractivity contribution >= 4 is 40.9 Å². The van der Waals surface area contributed by atoms with Crippen LogP contribution in [0.15, 0.2) is 17.5 Å². The minimum atomic E-state index is -1.12. The maximum Gasteiger partial charge on any atom is 0.326 e. The van der Waals surface area contributed by atoms with Gasteiger partial charge in [0, 0.05) is 38.6 Å². The number of likely N-dealkylation sites (tertiary alicyclic amines) is 1. The molecular formula is C38H63N5O8S. The fourth-order valence-corrected chi connectivity index (χ4v) is 8.64. The Balaban J connectivity index is 1.80. The molecule has 0 bridgehead atoms. The number of ether oxygens (including phenoxy) is 2. The van der Waals surface area contributed by atoms with Gasteiger partial charge in [-0.3, -0.25) is 19.2 Å². The number of thiophene rings is 1. The molecule has 11 atom stereocenters. The maximum atomic E-state index is 14.3. The Morgan fingerprint density at radius 1 is 0.981 bits per heavy atom. The molecule has 0 radical (unpaired) electrons. The fourth-order valence-electron chi connectivity index (χ4n) is 7.88. The average Bonchev–Trinajstić information content (AvgIpc) is 3.45. The number of hydrogen-bond donors (Lipinski definition) is 4. The van der Waals surface area contributed by atoms with Crippen LogP contribution in [0, 0.1) is 29.6 Å². The zero-order valence-corrected chi connectivity index (χ0v) is 33.7. The lowest BCUT2D eigenvalue weighted by atomic mass is 9.89. The van der Waals surface area contributed by atoms with E-state index in [9.17, 15) is 29.1 Å². The number of amides is 4. The van der Waals surface area contributed by atoms with Crippen molar-refractivity contribution < 1.29 is 38.6 Å². The van der Waals surface area contributed by atoms with Crippen LogP contribution >= 0.6 is 11.3 Å². The van der Waals surface area contributed by atoms with Crippen LogP contribution in [0.1, 0.15) is 79.0 Å². The van der Waals surface area contributed by atoms with E-state index in [2.05, 4.69) is 16.0 Å². The van der Waals surface area contributed by atoms with E-state index in [1.807, 2.05) is 64.0 Å². The largest absolute Gasteiger partial charge is 0.480 e. The van der Waals surface area contributed by atoms with Crippen molar-refractivity contribution in [3.63, 3.8) is 0 Å². The predicted octanol–water partition coefficient (Wildman–Crippen LogP) is 3.16. The molecule has 0 spiro atoms. The summed E-state index contributed by atoms with van der Waals surface area (Å²) >= 11 is 1.43. The van der Waals surface area contributed by atoms with Crippen LogP contribution in [0.5, 0.6) is 0 Å². The van der Waals surface area contributed by atoms with Crippen LogP contribution in [-0.2, 0) is 39.9 Å². The molecule has 2 fully saturated rings. The zero-order chi connectivity index (χ0) is 39.0. The molecule has 1 saturated carbocycles. The Bertz CT molecular complexity index is 1360. The molecule has 14 heteroatoms. The first-order valence-corrected chi connectivity index (χ1v) is 19.6. The highest BCUT2D eigenvalue weighted by Crippen LogP contribution is 2.50. The van der Waals surface area contributed by atoms with Gasteiger partial charge in [-0.05, 0) is 55.0 Å².